The third-order valence-corrected chi connectivity index (χ3v) is 4.96. The molecule has 3 rings (SSSR count). The van der Waals surface area contributed by atoms with Crippen LogP contribution in [0.25, 0.3) is 0 Å². The summed E-state index contributed by atoms with van der Waals surface area (Å²) in [5.41, 5.74) is 0. The van der Waals surface area contributed by atoms with Crippen molar-refractivity contribution in [2.45, 2.75) is 19.6 Å². The Labute approximate surface area is 162 Å². The van der Waals surface area contributed by atoms with Crippen molar-refractivity contribution < 1.29 is 25.7 Å². The van der Waals surface area contributed by atoms with Gasteiger partial charge in [-0.2, -0.15) is 0 Å². The van der Waals surface area contributed by atoms with Gasteiger partial charge in [-0.05, 0) is 48.5 Å². The van der Waals surface area contributed by atoms with Crippen molar-refractivity contribution >= 4 is 31.7 Å². The number of thiol groups is 1. The van der Waals surface area contributed by atoms with Gasteiger partial charge < -0.3 is 4.70 Å². The van der Waals surface area contributed by atoms with Crippen molar-refractivity contribution in [3.8, 4) is 0 Å². The Balaban J connectivity index is 0.000000456. The molecule has 0 aliphatic heterocycles. The van der Waals surface area contributed by atoms with Crippen LogP contribution in [0.4, 0.5) is 21.0 Å². The van der Waals surface area contributed by atoms with Crippen molar-refractivity contribution in [2.75, 3.05) is 0 Å². The van der Waals surface area contributed by atoms with E-state index in [2.05, 4.69) is 78.9 Å². The molecule has 0 saturated heterocycles. The third-order valence-electron chi connectivity index (χ3n) is 2.83. The molecule has 0 aliphatic carbocycles. The summed E-state index contributed by atoms with van der Waals surface area (Å²) < 4.78 is 49.2. The second-order valence-electron chi connectivity index (χ2n) is 5.00. The van der Waals surface area contributed by atoms with Gasteiger partial charge in [0.1, 0.15) is 0 Å². The molecule has 0 aliphatic rings. The Morgan fingerprint density at radius 2 is 0.926 bits per heavy atom. The van der Waals surface area contributed by atoms with E-state index in [-0.39, 0.29) is 4.70 Å². The van der Waals surface area contributed by atoms with Crippen LogP contribution in [-0.2, 0) is 11.8 Å². The van der Waals surface area contributed by atoms with Crippen LogP contribution in [0, 0.1) is 0 Å². The summed E-state index contributed by atoms with van der Waals surface area (Å²) in [7, 11) is -8.55. The first kappa shape index (κ1) is 23.4. The maximum absolute atomic E-state index is 9.84. The smallest absolute Gasteiger partial charge is 0.158 e. The fraction of sp³-hybridized carbons (Fsp3) is 0. The van der Waals surface area contributed by atoms with Crippen molar-refractivity contribution in [3.63, 3.8) is 0 Å². The summed E-state index contributed by atoms with van der Waals surface area (Å²) in [6.45, 7) is 0. The zero-order chi connectivity index (χ0) is 19.1. The predicted molar refractivity (Wildman–Crippen MR) is 101 cm³/mol. The molecule has 27 heavy (non-hydrogen) atoms. The second kappa shape index (κ2) is 10.1. The summed E-state index contributed by atoms with van der Waals surface area (Å²) in [5, 5.41) is 0. The molecule has 0 aromatic heterocycles. The summed E-state index contributed by atoms with van der Waals surface area (Å²) in [4.78, 5) is 5.22. The molecule has 0 amide bonds. The number of hydrogen-bond acceptors (Lipinski definition) is 1. The Bertz CT molecular complexity index is 729. The first-order chi connectivity index (χ1) is 12.1. The third kappa shape index (κ3) is 11.6. The molecule has 0 saturated carbocycles. The van der Waals surface area contributed by atoms with Crippen LogP contribution in [0.5, 0.6) is 0 Å². The van der Waals surface area contributed by atoms with E-state index in [1.54, 1.807) is 11.8 Å². The van der Waals surface area contributed by atoms with Gasteiger partial charge in [0.25, 0.3) is 0 Å². The largest absolute Gasteiger partial charge is 1.00 e. The first-order valence-electron chi connectivity index (χ1n) is 7.34. The molecule has 0 bridgehead atoms. The molecule has 0 heterocycles. The van der Waals surface area contributed by atoms with Gasteiger partial charge in [0, 0.05) is 21.6 Å². The van der Waals surface area contributed by atoms with Gasteiger partial charge in [0.2, 0.25) is 0 Å². The van der Waals surface area contributed by atoms with Gasteiger partial charge in [0.15, 0.2) is 9.79 Å². The number of halogens is 6. The Kier molecular flexibility index (Phi) is 8.72. The van der Waals surface area contributed by atoms with Gasteiger partial charge in [-0.25, -0.2) is 0 Å². The zero-order valence-corrected chi connectivity index (χ0v) is 16.3. The average molecular weight is 440 g/mol. The Morgan fingerprint density at radius 3 is 1.41 bits per heavy atom. The van der Waals surface area contributed by atoms with Crippen molar-refractivity contribution in [3.05, 3.63) is 84.9 Å². The monoisotopic (exact) mass is 440 g/mol. The summed E-state index contributed by atoms with van der Waals surface area (Å²) in [5.74, 6) is 0. The molecule has 0 unspecified atom stereocenters. The molecular formula is C18H15F6PS2. The predicted octanol–water partition coefficient (Wildman–Crippen LogP) is 5.04. The quantitative estimate of drug-likeness (QED) is 0.237. The van der Waals surface area contributed by atoms with E-state index in [9.17, 15) is 21.0 Å². The minimum atomic E-state index is -8.55. The molecule has 146 valence electrons. The molecule has 0 nitrogen and oxygen atoms in total. The van der Waals surface area contributed by atoms with Gasteiger partial charge in [-0.15, -0.1) is 0 Å². The SMILES string of the molecule is FP(F)(F)(F)F.[F-].c1ccc(Sc2ccc([SH+]c3ccccc3)cc2)cc1. The van der Waals surface area contributed by atoms with E-state index < -0.39 is 8.16 Å². The molecule has 3 aromatic carbocycles. The molecule has 3 aromatic rings. The minimum Gasteiger partial charge on any atom is -1.00 e. The van der Waals surface area contributed by atoms with E-state index in [1.807, 2.05) is 6.07 Å². The minimum absolute atomic E-state index is 0. The summed E-state index contributed by atoms with van der Waals surface area (Å²) in [6.07, 6.45) is 0. The van der Waals surface area contributed by atoms with Crippen LogP contribution >= 0.6 is 19.9 Å². The molecule has 0 radical (unpaired) electrons. The van der Waals surface area contributed by atoms with Crippen LogP contribution in [0.15, 0.2) is 105 Å². The van der Waals surface area contributed by atoms with Crippen molar-refractivity contribution in [1.82, 2.24) is 0 Å². The van der Waals surface area contributed by atoms with Gasteiger partial charge >= 0.3 is 29.1 Å². The molecule has 0 N–H and O–H groups in total. The van der Waals surface area contributed by atoms with Crippen LogP contribution in [0.3, 0.4) is 0 Å². The van der Waals surface area contributed by atoms with E-state index in [0.29, 0.717) is 0 Å². The normalized spacial score (nSPS) is 12.0. The second-order valence-corrected chi connectivity index (χ2v) is 8.68. The fourth-order valence-corrected chi connectivity index (χ4v) is 3.62. The maximum atomic E-state index is 9.84. The number of hydrogen-bond donors (Lipinski definition) is 0. The zero-order valence-electron chi connectivity index (χ0n) is 13.7. The summed E-state index contributed by atoms with van der Waals surface area (Å²) >= 11 is 3.06. The van der Waals surface area contributed by atoms with Gasteiger partial charge in [-0.3, -0.25) is 0 Å². The van der Waals surface area contributed by atoms with Crippen LogP contribution in [-0.4, -0.2) is 0 Å². The standard InChI is InChI=1S/C18H14S2.F5P.FH/c1-3-7-15(8-4-1)19-17-11-13-18(14-12-17)20-16-9-5-2-6-10-16;1-6(2,3,4)5;/h1-14H;;1H. The average Bonchev–Trinajstić information content (AvgIpc) is 2.56. The number of benzene rings is 3. The Hall–Kier alpha value is -1.63. The molecule has 9 heteroatoms. The molecule has 0 spiro atoms. The van der Waals surface area contributed by atoms with E-state index in [0.717, 1.165) is 0 Å². The molecule has 0 atom stereocenters. The van der Waals surface area contributed by atoms with E-state index >= 15 is 0 Å². The molecule has 0 fully saturated rings. The van der Waals surface area contributed by atoms with Crippen molar-refractivity contribution in [2.24, 2.45) is 0 Å². The maximum Gasteiger partial charge on any atom is 0.158 e. The summed E-state index contributed by atoms with van der Waals surface area (Å²) in [6, 6.07) is 29.8. The van der Waals surface area contributed by atoms with Crippen LogP contribution in [0.2, 0.25) is 0 Å². The van der Waals surface area contributed by atoms with E-state index in [1.165, 1.54) is 31.3 Å². The fourth-order valence-electron chi connectivity index (χ4n) is 1.86. The number of rotatable bonds is 4. The van der Waals surface area contributed by atoms with Gasteiger partial charge in [0.05, 0.1) is 0 Å². The van der Waals surface area contributed by atoms with E-state index in [4.69, 9.17) is 0 Å². The van der Waals surface area contributed by atoms with Crippen molar-refractivity contribution in [1.29, 1.82) is 0 Å². The topological polar surface area (TPSA) is 0 Å². The Morgan fingerprint density at radius 1 is 0.556 bits per heavy atom. The van der Waals surface area contributed by atoms with Crippen LogP contribution < -0.4 is 4.70 Å². The molecular weight excluding hydrogens is 425 g/mol. The van der Waals surface area contributed by atoms with Gasteiger partial charge in [-0.1, -0.05) is 48.2 Å². The first-order valence-corrected chi connectivity index (χ1v) is 10.7. The van der Waals surface area contributed by atoms with Crippen LogP contribution in [0.1, 0.15) is 0 Å².